The van der Waals surface area contributed by atoms with E-state index in [1.54, 1.807) is 4.90 Å². The van der Waals surface area contributed by atoms with E-state index < -0.39 is 5.97 Å². The third-order valence-corrected chi connectivity index (χ3v) is 3.92. The molecule has 1 unspecified atom stereocenters. The summed E-state index contributed by atoms with van der Waals surface area (Å²) in [6, 6.07) is 9.75. The number of hydrogen-bond acceptors (Lipinski definition) is 3. The van der Waals surface area contributed by atoms with Gasteiger partial charge in [-0.2, -0.15) is 0 Å². The van der Waals surface area contributed by atoms with E-state index in [9.17, 15) is 9.59 Å². The van der Waals surface area contributed by atoms with Gasteiger partial charge in [0.05, 0.1) is 12.0 Å². The molecule has 1 aliphatic heterocycles. The number of carboxylic acid groups (broad SMARTS) is 1. The first-order valence-corrected chi connectivity index (χ1v) is 7.25. The van der Waals surface area contributed by atoms with Crippen molar-refractivity contribution < 1.29 is 19.4 Å². The van der Waals surface area contributed by atoms with Gasteiger partial charge in [0, 0.05) is 13.1 Å². The van der Waals surface area contributed by atoms with Crippen LogP contribution in [0.5, 0.6) is 0 Å². The van der Waals surface area contributed by atoms with E-state index >= 15 is 0 Å². The summed E-state index contributed by atoms with van der Waals surface area (Å²) in [6.07, 6.45) is 0.914. The van der Waals surface area contributed by atoms with Crippen molar-refractivity contribution in [2.45, 2.75) is 25.9 Å². The molecule has 1 amide bonds. The van der Waals surface area contributed by atoms with E-state index in [-0.39, 0.29) is 24.5 Å². The molecule has 1 fully saturated rings. The van der Waals surface area contributed by atoms with E-state index in [1.807, 2.05) is 37.3 Å². The molecule has 0 radical (unpaired) electrons. The molecule has 0 saturated carbocycles. The van der Waals surface area contributed by atoms with Crippen molar-refractivity contribution in [1.82, 2.24) is 4.90 Å². The van der Waals surface area contributed by atoms with Gasteiger partial charge in [0.2, 0.25) is 5.91 Å². The lowest BCUT2D eigenvalue weighted by Gasteiger charge is -2.30. The Hall–Kier alpha value is -1.88. The number of piperidine rings is 1. The molecule has 0 aliphatic carbocycles. The van der Waals surface area contributed by atoms with Crippen LogP contribution in [0.25, 0.3) is 0 Å². The monoisotopic (exact) mass is 291 g/mol. The summed E-state index contributed by atoms with van der Waals surface area (Å²) < 4.78 is 5.61. The van der Waals surface area contributed by atoms with Crippen LogP contribution in [0.1, 0.15) is 31.4 Å². The van der Waals surface area contributed by atoms with Crippen LogP contribution in [0.4, 0.5) is 0 Å². The molecule has 1 aliphatic rings. The number of likely N-dealkylation sites (tertiary alicyclic amines) is 1. The molecular weight excluding hydrogens is 270 g/mol. The topological polar surface area (TPSA) is 66.8 Å². The number of carbonyl (C=O) groups excluding carboxylic acids is 1. The fraction of sp³-hybridized carbons (Fsp3) is 0.500. The summed E-state index contributed by atoms with van der Waals surface area (Å²) in [5.74, 6) is -1.16. The van der Waals surface area contributed by atoms with Gasteiger partial charge in [-0.3, -0.25) is 9.59 Å². The molecule has 1 heterocycles. The number of amides is 1. The quantitative estimate of drug-likeness (QED) is 0.902. The molecule has 2 rings (SSSR count). The number of nitrogens with zero attached hydrogens (tertiary/aromatic N) is 1. The van der Waals surface area contributed by atoms with Gasteiger partial charge in [-0.1, -0.05) is 30.3 Å². The number of ether oxygens (including phenoxy) is 1. The van der Waals surface area contributed by atoms with Crippen molar-refractivity contribution in [3.8, 4) is 0 Å². The summed E-state index contributed by atoms with van der Waals surface area (Å²) in [5.41, 5.74) is 1.04. The molecule has 21 heavy (non-hydrogen) atoms. The Labute approximate surface area is 124 Å². The summed E-state index contributed by atoms with van der Waals surface area (Å²) in [6.45, 7) is 2.95. The Morgan fingerprint density at radius 3 is 2.48 bits per heavy atom. The SMILES string of the molecule is CC(OCC(=O)N1CCC(C(=O)O)CC1)c1ccccc1. The lowest BCUT2D eigenvalue weighted by Crippen LogP contribution is -2.42. The fourth-order valence-corrected chi connectivity index (χ4v) is 2.48. The van der Waals surface area contributed by atoms with Gasteiger partial charge < -0.3 is 14.7 Å². The van der Waals surface area contributed by atoms with Gasteiger partial charge >= 0.3 is 5.97 Å². The Balaban J connectivity index is 1.76. The highest BCUT2D eigenvalue weighted by molar-refractivity contribution is 5.78. The van der Waals surface area contributed by atoms with Crippen molar-refractivity contribution in [3.05, 3.63) is 35.9 Å². The zero-order valence-electron chi connectivity index (χ0n) is 12.2. The molecule has 5 nitrogen and oxygen atoms in total. The highest BCUT2D eigenvalue weighted by Gasteiger charge is 2.27. The molecule has 1 atom stereocenters. The lowest BCUT2D eigenvalue weighted by atomic mass is 9.97. The second-order valence-corrected chi connectivity index (χ2v) is 5.36. The molecular formula is C16H21NO4. The number of hydrogen-bond donors (Lipinski definition) is 1. The summed E-state index contributed by atoms with van der Waals surface area (Å²) >= 11 is 0. The van der Waals surface area contributed by atoms with Gasteiger partial charge in [-0.05, 0) is 25.3 Å². The largest absolute Gasteiger partial charge is 0.481 e. The Bertz CT molecular complexity index is 480. The second kappa shape index (κ2) is 7.22. The van der Waals surface area contributed by atoms with Gasteiger partial charge in [-0.25, -0.2) is 0 Å². The first-order valence-electron chi connectivity index (χ1n) is 7.25. The van der Waals surface area contributed by atoms with Crippen LogP contribution in [0, 0.1) is 5.92 Å². The highest BCUT2D eigenvalue weighted by Crippen LogP contribution is 2.19. The van der Waals surface area contributed by atoms with Gasteiger partial charge in [0.15, 0.2) is 0 Å². The molecule has 1 aromatic carbocycles. The lowest BCUT2D eigenvalue weighted by molar-refractivity contribution is -0.147. The maximum Gasteiger partial charge on any atom is 0.306 e. The average molecular weight is 291 g/mol. The molecule has 5 heteroatoms. The van der Waals surface area contributed by atoms with Crippen LogP contribution in [0.15, 0.2) is 30.3 Å². The predicted molar refractivity (Wildman–Crippen MR) is 77.7 cm³/mol. The Morgan fingerprint density at radius 2 is 1.90 bits per heavy atom. The van der Waals surface area contributed by atoms with Gasteiger partial charge in [0.25, 0.3) is 0 Å². The Morgan fingerprint density at radius 1 is 1.29 bits per heavy atom. The van der Waals surface area contributed by atoms with Crippen LogP contribution in [-0.4, -0.2) is 41.6 Å². The third kappa shape index (κ3) is 4.29. The smallest absolute Gasteiger partial charge is 0.306 e. The molecule has 1 N–H and O–H groups in total. The van der Waals surface area contributed by atoms with Crippen molar-refractivity contribution >= 4 is 11.9 Å². The highest BCUT2D eigenvalue weighted by atomic mass is 16.5. The minimum absolute atomic E-state index is 0.0355. The standard InChI is InChI=1S/C16H21NO4/c1-12(13-5-3-2-4-6-13)21-11-15(18)17-9-7-14(8-10-17)16(19)20/h2-6,12,14H,7-11H2,1H3,(H,19,20). The summed E-state index contributed by atoms with van der Waals surface area (Å²) in [5, 5.41) is 8.94. The molecule has 1 aromatic rings. The molecule has 0 spiro atoms. The number of carbonyl (C=O) groups is 2. The van der Waals surface area contributed by atoms with Gasteiger partial charge in [0.1, 0.15) is 6.61 Å². The molecule has 0 bridgehead atoms. The normalized spacial score (nSPS) is 17.5. The molecule has 114 valence electrons. The maximum atomic E-state index is 12.1. The zero-order valence-corrected chi connectivity index (χ0v) is 12.2. The van der Waals surface area contributed by atoms with Gasteiger partial charge in [-0.15, -0.1) is 0 Å². The van der Waals surface area contributed by atoms with Crippen LogP contribution in [-0.2, 0) is 14.3 Å². The van der Waals surface area contributed by atoms with E-state index in [0.717, 1.165) is 5.56 Å². The summed E-state index contributed by atoms with van der Waals surface area (Å²) in [4.78, 5) is 24.6. The minimum Gasteiger partial charge on any atom is -0.481 e. The Kier molecular flexibility index (Phi) is 5.33. The molecule has 0 aromatic heterocycles. The zero-order chi connectivity index (χ0) is 15.2. The van der Waals surface area contributed by atoms with Crippen molar-refractivity contribution in [1.29, 1.82) is 0 Å². The van der Waals surface area contributed by atoms with Crippen LogP contribution >= 0.6 is 0 Å². The number of carboxylic acids is 1. The number of benzene rings is 1. The van der Waals surface area contributed by atoms with E-state index in [2.05, 4.69) is 0 Å². The minimum atomic E-state index is -0.768. The number of aliphatic carboxylic acids is 1. The van der Waals surface area contributed by atoms with Crippen LogP contribution in [0.2, 0.25) is 0 Å². The average Bonchev–Trinajstić information content (AvgIpc) is 2.53. The van der Waals surface area contributed by atoms with E-state index in [1.165, 1.54) is 0 Å². The third-order valence-electron chi connectivity index (χ3n) is 3.92. The van der Waals surface area contributed by atoms with E-state index in [4.69, 9.17) is 9.84 Å². The van der Waals surface area contributed by atoms with Crippen molar-refractivity contribution in [2.24, 2.45) is 5.92 Å². The fourth-order valence-electron chi connectivity index (χ4n) is 2.48. The summed E-state index contributed by atoms with van der Waals surface area (Å²) in [7, 11) is 0. The van der Waals surface area contributed by atoms with Crippen molar-refractivity contribution in [3.63, 3.8) is 0 Å². The first kappa shape index (κ1) is 15.5. The van der Waals surface area contributed by atoms with E-state index in [0.29, 0.717) is 25.9 Å². The van der Waals surface area contributed by atoms with Crippen molar-refractivity contribution in [2.75, 3.05) is 19.7 Å². The van der Waals surface area contributed by atoms with Crippen LogP contribution < -0.4 is 0 Å². The second-order valence-electron chi connectivity index (χ2n) is 5.36. The predicted octanol–water partition coefficient (Wildman–Crippen LogP) is 2.09. The van der Waals surface area contributed by atoms with Crippen LogP contribution in [0.3, 0.4) is 0 Å². The first-order chi connectivity index (χ1) is 10.1. The molecule has 1 saturated heterocycles. The maximum absolute atomic E-state index is 12.1. The number of rotatable bonds is 5.